The SMILES string of the molecule is CCc1cc(C(=O)NCc2ccccc2CN2CCCC2CO)n(C)n1. The Hall–Kier alpha value is -2.18. The topological polar surface area (TPSA) is 70.4 Å². The molecule has 1 aromatic carbocycles. The number of aromatic nitrogens is 2. The van der Waals surface area contributed by atoms with Crippen LogP contribution in [0.5, 0.6) is 0 Å². The van der Waals surface area contributed by atoms with Gasteiger partial charge in [-0.3, -0.25) is 14.4 Å². The maximum Gasteiger partial charge on any atom is 0.269 e. The van der Waals surface area contributed by atoms with Crippen molar-refractivity contribution in [1.29, 1.82) is 0 Å². The van der Waals surface area contributed by atoms with Crippen molar-refractivity contribution in [2.75, 3.05) is 13.2 Å². The standard InChI is InChI=1S/C20H28N4O2/c1-3-17-11-19(23(2)22-17)20(26)21-12-15-7-4-5-8-16(15)13-24-10-6-9-18(24)14-25/h4-5,7-8,11,18,25H,3,6,9-10,12-14H2,1-2H3,(H,21,26). The fraction of sp³-hybridized carbons (Fsp3) is 0.500. The van der Waals surface area contributed by atoms with E-state index in [-0.39, 0.29) is 18.6 Å². The highest BCUT2D eigenvalue weighted by molar-refractivity contribution is 5.92. The Labute approximate surface area is 154 Å². The Kier molecular flexibility index (Phi) is 6.06. The quantitative estimate of drug-likeness (QED) is 0.795. The molecule has 1 saturated heterocycles. The zero-order valence-corrected chi connectivity index (χ0v) is 15.6. The van der Waals surface area contributed by atoms with E-state index < -0.39 is 0 Å². The largest absolute Gasteiger partial charge is 0.395 e. The average molecular weight is 356 g/mol. The summed E-state index contributed by atoms with van der Waals surface area (Å²) in [6.45, 7) is 4.54. The molecule has 1 unspecified atom stereocenters. The van der Waals surface area contributed by atoms with Gasteiger partial charge in [-0.05, 0) is 43.0 Å². The summed E-state index contributed by atoms with van der Waals surface area (Å²) in [7, 11) is 1.80. The van der Waals surface area contributed by atoms with Gasteiger partial charge in [-0.1, -0.05) is 31.2 Å². The molecule has 2 aromatic rings. The fourth-order valence-electron chi connectivity index (χ4n) is 3.59. The van der Waals surface area contributed by atoms with Crippen molar-refractivity contribution < 1.29 is 9.90 Å². The third-order valence-electron chi connectivity index (χ3n) is 5.17. The number of amides is 1. The predicted octanol–water partition coefficient (Wildman–Crippen LogP) is 1.87. The van der Waals surface area contributed by atoms with Gasteiger partial charge in [0.25, 0.3) is 5.91 Å². The van der Waals surface area contributed by atoms with Gasteiger partial charge in [-0.25, -0.2) is 0 Å². The van der Waals surface area contributed by atoms with Crippen LogP contribution in [-0.4, -0.2) is 44.9 Å². The first-order valence-corrected chi connectivity index (χ1v) is 9.35. The summed E-state index contributed by atoms with van der Waals surface area (Å²) in [5.74, 6) is -0.107. The lowest BCUT2D eigenvalue weighted by Gasteiger charge is -2.24. The van der Waals surface area contributed by atoms with Gasteiger partial charge in [-0.15, -0.1) is 0 Å². The van der Waals surface area contributed by atoms with Crippen LogP contribution in [0.3, 0.4) is 0 Å². The molecule has 0 saturated carbocycles. The van der Waals surface area contributed by atoms with Crippen molar-refractivity contribution in [3.05, 3.63) is 52.8 Å². The van der Waals surface area contributed by atoms with E-state index >= 15 is 0 Å². The summed E-state index contributed by atoms with van der Waals surface area (Å²) >= 11 is 0. The third-order valence-corrected chi connectivity index (χ3v) is 5.17. The van der Waals surface area contributed by atoms with Gasteiger partial charge in [0.2, 0.25) is 0 Å². The first-order chi connectivity index (χ1) is 12.6. The minimum atomic E-state index is -0.107. The van der Waals surface area contributed by atoms with Crippen LogP contribution < -0.4 is 5.32 Å². The number of aryl methyl sites for hydroxylation is 2. The van der Waals surface area contributed by atoms with E-state index in [1.807, 2.05) is 25.1 Å². The number of likely N-dealkylation sites (tertiary alicyclic amines) is 1. The number of rotatable bonds is 7. The normalized spacial score (nSPS) is 17.6. The van der Waals surface area contributed by atoms with Crippen LogP contribution in [0, 0.1) is 0 Å². The molecule has 1 amide bonds. The fourth-order valence-corrected chi connectivity index (χ4v) is 3.59. The zero-order chi connectivity index (χ0) is 18.5. The van der Waals surface area contributed by atoms with Crippen molar-refractivity contribution in [2.45, 2.75) is 45.3 Å². The predicted molar refractivity (Wildman–Crippen MR) is 101 cm³/mol. The molecule has 1 fully saturated rings. The molecule has 140 valence electrons. The lowest BCUT2D eigenvalue weighted by atomic mass is 10.1. The van der Waals surface area contributed by atoms with Gasteiger partial charge >= 0.3 is 0 Å². The summed E-state index contributed by atoms with van der Waals surface area (Å²) in [5, 5.41) is 16.9. The highest BCUT2D eigenvalue weighted by Gasteiger charge is 2.24. The van der Waals surface area contributed by atoms with Gasteiger partial charge in [0.1, 0.15) is 5.69 Å². The first-order valence-electron chi connectivity index (χ1n) is 9.35. The molecule has 1 atom stereocenters. The molecule has 0 aliphatic carbocycles. The number of hydrogen-bond acceptors (Lipinski definition) is 4. The summed E-state index contributed by atoms with van der Waals surface area (Å²) in [6.07, 6.45) is 2.99. The number of aliphatic hydroxyl groups is 1. The number of carbonyl (C=O) groups excluding carboxylic acids is 1. The molecule has 0 spiro atoms. The Morgan fingerprint density at radius 1 is 1.35 bits per heavy atom. The van der Waals surface area contributed by atoms with Crippen LogP contribution in [0.25, 0.3) is 0 Å². The van der Waals surface area contributed by atoms with Crippen LogP contribution in [0.1, 0.15) is 47.1 Å². The lowest BCUT2D eigenvalue weighted by Crippen LogP contribution is -2.32. The second-order valence-electron chi connectivity index (χ2n) is 6.90. The molecule has 6 nitrogen and oxygen atoms in total. The molecule has 1 aromatic heterocycles. The molecule has 3 rings (SSSR count). The molecule has 0 bridgehead atoms. The molecule has 1 aliphatic rings. The van der Waals surface area contributed by atoms with E-state index in [0.29, 0.717) is 12.2 Å². The van der Waals surface area contributed by atoms with E-state index in [1.165, 1.54) is 5.56 Å². The molecule has 26 heavy (non-hydrogen) atoms. The Bertz CT molecular complexity index is 756. The van der Waals surface area contributed by atoms with Gasteiger partial charge in [-0.2, -0.15) is 5.10 Å². The molecular weight excluding hydrogens is 328 g/mol. The second-order valence-corrected chi connectivity index (χ2v) is 6.90. The number of aliphatic hydroxyl groups excluding tert-OH is 1. The van der Waals surface area contributed by atoms with E-state index in [2.05, 4.69) is 27.4 Å². The average Bonchev–Trinajstić information content (AvgIpc) is 3.26. The van der Waals surface area contributed by atoms with Crippen molar-refractivity contribution in [2.24, 2.45) is 7.05 Å². The minimum Gasteiger partial charge on any atom is -0.395 e. The molecule has 2 heterocycles. The van der Waals surface area contributed by atoms with E-state index in [1.54, 1.807) is 11.7 Å². The Morgan fingerprint density at radius 2 is 2.12 bits per heavy atom. The van der Waals surface area contributed by atoms with E-state index in [9.17, 15) is 9.90 Å². The zero-order valence-electron chi connectivity index (χ0n) is 15.6. The number of nitrogens with one attached hydrogen (secondary N) is 1. The van der Waals surface area contributed by atoms with Crippen molar-refractivity contribution >= 4 is 5.91 Å². The molecule has 6 heteroatoms. The van der Waals surface area contributed by atoms with Crippen LogP contribution in [0.15, 0.2) is 30.3 Å². The number of nitrogens with zero attached hydrogens (tertiary/aromatic N) is 3. The van der Waals surface area contributed by atoms with E-state index in [0.717, 1.165) is 43.6 Å². The summed E-state index contributed by atoms with van der Waals surface area (Å²) in [5.41, 5.74) is 3.82. The maximum atomic E-state index is 12.5. The Balaban J connectivity index is 1.66. The molecule has 1 aliphatic heterocycles. The summed E-state index contributed by atoms with van der Waals surface area (Å²) in [6, 6.07) is 10.3. The molecule has 2 N–H and O–H groups in total. The lowest BCUT2D eigenvalue weighted by molar-refractivity contribution is 0.0941. The smallest absolute Gasteiger partial charge is 0.269 e. The number of hydrogen-bond donors (Lipinski definition) is 2. The Morgan fingerprint density at radius 3 is 2.81 bits per heavy atom. The van der Waals surface area contributed by atoms with Crippen LogP contribution in [0.2, 0.25) is 0 Å². The summed E-state index contributed by atoms with van der Waals surface area (Å²) < 4.78 is 1.64. The van der Waals surface area contributed by atoms with E-state index in [4.69, 9.17) is 0 Å². The highest BCUT2D eigenvalue weighted by atomic mass is 16.3. The van der Waals surface area contributed by atoms with Crippen molar-refractivity contribution in [3.8, 4) is 0 Å². The van der Waals surface area contributed by atoms with Crippen molar-refractivity contribution in [3.63, 3.8) is 0 Å². The highest BCUT2D eigenvalue weighted by Crippen LogP contribution is 2.21. The maximum absolute atomic E-state index is 12.5. The summed E-state index contributed by atoms with van der Waals surface area (Å²) in [4.78, 5) is 14.8. The van der Waals surface area contributed by atoms with Crippen LogP contribution >= 0.6 is 0 Å². The van der Waals surface area contributed by atoms with Gasteiger partial charge < -0.3 is 10.4 Å². The number of carbonyl (C=O) groups is 1. The number of benzene rings is 1. The van der Waals surface area contributed by atoms with Gasteiger partial charge in [0.15, 0.2) is 0 Å². The third kappa shape index (κ3) is 4.14. The second kappa shape index (κ2) is 8.47. The van der Waals surface area contributed by atoms with Gasteiger partial charge in [0.05, 0.1) is 12.3 Å². The molecule has 0 radical (unpaired) electrons. The van der Waals surface area contributed by atoms with Gasteiger partial charge in [0, 0.05) is 26.2 Å². The van der Waals surface area contributed by atoms with Crippen LogP contribution in [-0.2, 0) is 26.6 Å². The molecular formula is C20H28N4O2. The monoisotopic (exact) mass is 356 g/mol. The van der Waals surface area contributed by atoms with Crippen molar-refractivity contribution in [1.82, 2.24) is 20.0 Å². The van der Waals surface area contributed by atoms with Crippen LogP contribution in [0.4, 0.5) is 0 Å². The first kappa shape index (κ1) is 18.6. The minimum absolute atomic E-state index is 0.107.